The van der Waals surface area contributed by atoms with E-state index >= 15 is 0 Å². The van der Waals surface area contributed by atoms with E-state index in [1.54, 1.807) is 17.1 Å². The Morgan fingerprint density at radius 1 is 1.77 bits per heavy atom. The van der Waals surface area contributed by atoms with E-state index in [0.29, 0.717) is 12.3 Å². The van der Waals surface area contributed by atoms with Gasteiger partial charge in [0.25, 0.3) is 0 Å². The number of aryl methyl sites for hydroxylation is 1. The van der Waals surface area contributed by atoms with E-state index in [2.05, 4.69) is 10.4 Å². The van der Waals surface area contributed by atoms with Gasteiger partial charge in [-0.25, -0.2) is 0 Å². The van der Waals surface area contributed by atoms with Crippen molar-refractivity contribution in [1.82, 2.24) is 15.1 Å². The fraction of sp³-hybridized carbons (Fsp3) is 0.556. The molecule has 0 unspecified atom stereocenters. The van der Waals surface area contributed by atoms with Gasteiger partial charge in [0, 0.05) is 19.7 Å². The zero-order valence-electron chi connectivity index (χ0n) is 7.66. The van der Waals surface area contributed by atoms with Crippen LogP contribution in [-0.4, -0.2) is 28.7 Å². The van der Waals surface area contributed by atoms with Crippen LogP contribution in [0.5, 0.6) is 0 Å². The number of nitrogens with zero attached hydrogens (tertiary/aromatic N) is 2. The highest BCUT2D eigenvalue weighted by molar-refractivity contribution is 5.95. The molecule has 0 atom stereocenters. The maximum atomic E-state index is 11.6. The highest BCUT2D eigenvalue weighted by Gasteiger charge is 2.21. The van der Waals surface area contributed by atoms with Crippen molar-refractivity contribution < 1.29 is 4.79 Å². The van der Waals surface area contributed by atoms with Gasteiger partial charge < -0.3 is 5.32 Å². The van der Waals surface area contributed by atoms with E-state index in [0.717, 1.165) is 18.7 Å². The van der Waals surface area contributed by atoms with Crippen molar-refractivity contribution in [3.8, 4) is 0 Å². The molecule has 1 fully saturated rings. The van der Waals surface area contributed by atoms with Crippen molar-refractivity contribution in [3.05, 3.63) is 18.0 Å². The number of aromatic nitrogens is 2. The van der Waals surface area contributed by atoms with Gasteiger partial charge in [-0.05, 0) is 19.0 Å². The van der Waals surface area contributed by atoms with Crippen molar-refractivity contribution in [3.63, 3.8) is 0 Å². The summed E-state index contributed by atoms with van der Waals surface area (Å²) in [5.41, 5.74) is 0.731. The average Bonchev–Trinajstić information content (AvgIpc) is 2.44. The third kappa shape index (κ3) is 1.78. The zero-order chi connectivity index (χ0) is 9.26. The van der Waals surface area contributed by atoms with E-state index in [1.807, 2.05) is 7.05 Å². The topological polar surface area (TPSA) is 46.9 Å². The number of carbonyl (C=O) groups is 1. The minimum atomic E-state index is 0.208. The Morgan fingerprint density at radius 3 is 3.00 bits per heavy atom. The largest absolute Gasteiger partial charge is 0.316 e. The maximum Gasteiger partial charge on any atom is 0.166 e. The second kappa shape index (κ2) is 3.30. The number of carbonyl (C=O) groups excluding carboxylic acids is 1. The summed E-state index contributed by atoms with van der Waals surface area (Å²) in [6.07, 6.45) is 4.06. The Hall–Kier alpha value is -1.16. The van der Waals surface area contributed by atoms with Gasteiger partial charge in [-0.15, -0.1) is 0 Å². The average molecular weight is 179 g/mol. The molecular weight excluding hydrogens is 166 g/mol. The highest BCUT2D eigenvalue weighted by atomic mass is 16.1. The smallest absolute Gasteiger partial charge is 0.166 e. The highest BCUT2D eigenvalue weighted by Crippen LogP contribution is 2.12. The Balaban J connectivity index is 1.96. The maximum absolute atomic E-state index is 11.6. The molecule has 1 saturated heterocycles. The third-order valence-electron chi connectivity index (χ3n) is 2.37. The molecule has 0 saturated carbocycles. The number of hydrogen-bond acceptors (Lipinski definition) is 3. The number of hydrogen-bond donors (Lipinski definition) is 1. The molecule has 1 aliphatic rings. The van der Waals surface area contributed by atoms with Crippen LogP contribution in [0.2, 0.25) is 0 Å². The first kappa shape index (κ1) is 8.44. The second-order valence-corrected chi connectivity index (χ2v) is 3.55. The molecule has 2 rings (SSSR count). The summed E-state index contributed by atoms with van der Waals surface area (Å²) in [6.45, 7) is 1.96. The van der Waals surface area contributed by atoms with Gasteiger partial charge in [0.05, 0.1) is 11.8 Å². The standard InChI is InChI=1S/C9H13N3O/c1-12-6-8(5-11-12)9(13)2-7-3-10-4-7/h5-7,10H,2-4H2,1H3. The molecule has 1 aromatic rings. The number of rotatable bonds is 3. The molecule has 0 spiro atoms. The molecule has 0 amide bonds. The molecule has 4 heteroatoms. The van der Waals surface area contributed by atoms with E-state index in [4.69, 9.17) is 0 Å². The van der Waals surface area contributed by atoms with E-state index < -0.39 is 0 Å². The molecule has 0 bridgehead atoms. The normalized spacial score (nSPS) is 17.0. The summed E-state index contributed by atoms with van der Waals surface area (Å²) >= 11 is 0. The number of ketones is 1. The van der Waals surface area contributed by atoms with Gasteiger partial charge in [-0.2, -0.15) is 5.10 Å². The van der Waals surface area contributed by atoms with Crippen LogP contribution in [0.3, 0.4) is 0 Å². The van der Waals surface area contributed by atoms with Crippen LogP contribution in [0, 0.1) is 5.92 Å². The van der Waals surface area contributed by atoms with E-state index in [-0.39, 0.29) is 5.78 Å². The summed E-state index contributed by atoms with van der Waals surface area (Å²) in [6, 6.07) is 0. The lowest BCUT2D eigenvalue weighted by Crippen LogP contribution is -2.42. The third-order valence-corrected chi connectivity index (χ3v) is 2.37. The fourth-order valence-corrected chi connectivity index (χ4v) is 1.44. The van der Waals surface area contributed by atoms with Gasteiger partial charge >= 0.3 is 0 Å². The van der Waals surface area contributed by atoms with Crippen LogP contribution in [0.15, 0.2) is 12.4 Å². The molecule has 0 aliphatic carbocycles. The minimum Gasteiger partial charge on any atom is -0.316 e. The first-order valence-electron chi connectivity index (χ1n) is 4.48. The number of Topliss-reactive ketones (excluding diaryl/α,β-unsaturated/α-hetero) is 1. The quantitative estimate of drug-likeness (QED) is 0.675. The van der Waals surface area contributed by atoms with Crippen molar-refractivity contribution in [2.24, 2.45) is 13.0 Å². The summed E-state index contributed by atoms with van der Waals surface area (Å²) in [5.74, 6) is 0.743. The Kier molecular flexibility index (Phi) is 2.14. The van der Waals surface area contributed by atoms with Crippen LogP contribution in [-0.2, 0) is 7.05 Å². The molecule has 0 aromatic carbocycles. The van der Waals surface area contributed by atoms with Crippen molar-refractivity contribution >= 4 is 5.78 Å². The Morgan fingerprint density at radius 2 is 2.54 bits per heavy atom. The Bertz CT molecular complexity index is 314. The monoisotopic (exact) mass is 179 g/mol. The summed E-state index contributed by atoms with van der Waals surface area (Å²) in [4.78, 5) is 11.6. The summed E-state index contributed by atoms with van der Waals surface area (Å²) < 4.78 is 1.66. The predicted molar refractivity (Wildman–Crippen MR) is 48.5 cm³/mol. The summed E-state index contributed by atoms with van der Waals surface area (Å²) in [7, 11) is 1.82. The molecule has 0 radical (unpaired) electrons. The van der Waals surface area contributed by atoms with Gasteiger partial charge in [-0.3, -0.25) is 9.48 Å². The number of nitrogens with one attached hydrogen (secondary N) is 1. The first-order chi connectivity index (χ1) is 6.25. The lowest BCUT2D eigenvalue weighted by molar-refractivity contribution is 0.0945. The van der Waals surface area contributed by atoms with Gasteiger partial charge in [0.15, 0.2) is 5.78 Å². The molecule has 70 valence electrons. The van der Waals surface area contributed by atoms with Crippen molar-refractivity contribution in [2.75, 3.05) is 13.1 Å². The van der Waals surface area contributed by atoms with Crippen LogP contribution < -0.4 is 5.32 Å². The van der Waals surface area contributed by atoms with Crippen LogP contribution in [0.1, 0.15) is 16.8 Å². The molecule has 1 aromatic heterocycles. The zero-order valence-corrected chi connectivity index (χ0v) is 7.66. The van der Waals surface area contributed by atoms with E-state index in [1.165, 1.54) is 0 Å². The first-order valence-corrected chi connectivity index (χ1v) is 4.48. The van der Waals surface area contributed by atoms with Crippen LogP contribution >= 0.6 is 0 Å². The molecule has 1 N–H and O–H groups in total. The molecule has 2 heterocycles. The van der Waals surface area contributed by atoms with Crippen molar-refractivity contribution in [1.29, 1.82) is 0 Å². The fourth-order valence-electron chi connectivity index (χ4n) is 1.44. The van der Waals surface area contributed by atoms with Gasteiger partial charge in [-0.1, -0.05) is 0 Å². The van der Waals surface area contributed by atoms with Gasteiger partial charge in [0.1, 0.15) is 0 Å². The molecule has 13 heavy (non-hydrogen) atoms. The predicted octanol–water partition coefficient (Wildman–Crippen LogP) is 0.212. The second-order valence-electron chi connectivity index (χ2n) is 3.55. The lowest BCUT2D eigenvalue weighted by Gasteiger charge is -2.25. The van der Waals surface area contributed by atoms with Crippen LogP contribution in [0.4, 0.5) is 0 Å². The minimum absolute atomic E-state index is 0.208. The van der Waals surface area contributed by atoms with E-state index in [9.17, 15) is 4.79 Å². The lowest BCUT2D eigenvalue weighted by atomic mass is 9.95. The summed E-state index contributed by atoms with van der Waals surface area (Å²) in [5, 5.41) is 7.12. The molecule has 4 nitrogen and oxygen atoms in total. The van der Waals surface area contributed by atoms with Gasteiger partial charge in [0.2, 0.25) is 0 Å². The van der Waals surface area contributed by atoms with Crippen molar-refractivity contribution in [2.45, 2.75) is 6.42 Å². The molecule has 1 aliphatic heterocycles. The van der Waals surface area contributed by atoms with Crippen LogP contribution in [0.25, 0.3) is 0 Å². The SMILES string of the molecule is Cn1cc(C(=O)CC2CNC2)cn1. The Labute approximate surface area is 76.9 Å². The molecular formula is C9H13N3O.